The number of aliphatic carboxylic acids is 1. The predicted molar refractivity (Wildman–Crippen MR) is 108 cm³/mol. The molecule has 0 aromatic rings. The van der Waals surface area contributed by atoms with Crippen LogP contribution in [0.2, 0.25) is 18.1 Å². The van der Waals surface area contributed by atoms with E-state index in [0.29, 0.717) is 12.2 Å². The molecule has 0 saturated carbocycles. The lowest BCUT2D eigenvalue weighted by atomic mass is 9.99. The number of esters is 1. The quantitative estimate of drug-likeness (QED) is 0.264. The molecule has 0 aliphatic carbocycles. The molecule has 0 aromatic carbocycles. The Balaban J connectivity index is 5.67. The molecule has 26 heavy (non-hydrogen) atoms. The van der Waals surface area contributed by atoms with Gasteiger partial charge in [0.25, 0.3) is 0 Å². The van der Waals surface area contributed by atoms with Crippen LogP contribution in [0.1, 0.15) is 54.9 Å². The molecule has 0 bridgehead atoms. The van der Waals surface area contributed by atoms with Crippen LogP contribution in [0.4, 0.5) is 0 Å². The molecule has 0 unspecified atom stereocenters. The SMILES string of the molecule is CCOC(=O)/C(C)=C\[C@@H](C)[C@H](/C=C(\C)CC(=O)O)O[Si](C)(C)C(C)(C)C. The fraction of sp³-hybridized carbons (Fsp3) is 0.700. The Labute approximate surface area is 159 Å². The van der Waals surface area contributed by atoms with Gasteiger partial charge in [0.2, 0.25) is 0 Å². The molecule has 6 heteroatoms. The first-order valence-corrected chi connectivity index (χ1v) is 12.0. The largest absolute Gasteiger partial charge is 0.481 e. The van der Waals surface area contributed by atoms with Crippen molar-refractivity contribution >= 4 is 20.3 Å². The Bertz CT molecular complexity index is 555. The Morgan fingerprint density at radius 2 is 1.69 bits per heavy atom. The van der Waals surface area contributed by atoms with Crippen LogP contribution in [-0.4, -0.2) is 38.1 Å². The average molecular weight is 385 g/mol. The maximum absolute atomic E-state index is 11.9. The van der Waals surface area contributed by atoms with Crippen LogP contribution in [0.3, 0.4) is 0 Å². The van der Waals surface area contributed by atoms with Gasteiger partial charge in [-0.15, -0.1) is 0 Å². The normalized spacial score (nSPS) is 16.2. The number of carbonyl (C=O) groups excluding carboxylic acids is 1. The second kappa shape index (κ2) is 10.1. The molecule has 0 heterocycles. The molecule has 2 atom stereocenters. The molecule has 5 nitrogen and oxygen atoms in total. The second-order valence-electron chi connectivity index (χ2n) is 8.36. The van der Waals surface area contributed by atoms with E-state index < -0.39 is 14.3 Å². The molecule has 0 amide bonds. The molecule has 0 aliphatic heterocycles. The van der Waals surface area contributed by atoms with Crippen molar-refractivity contribution in [3.63, 3.8) is 0 Å². The van der Waals surface area contributed by atoms with Gasteiger partial charge in [-0.2, -0.15) is 0 Å². The molecule has 0 saturated heterocycles. The van der Waals surface area contributed by atoms with Crippen LogP contribution in [0.15, 0.2) is 23.3 Å². The summed E-state index contributed by atoms with van der Waals surface area (Å²) in [6, 6.07) is 0. The van der Waals surface area contributed by atoms with Crippen LogP contribution < -0.4 is 0 Å². The van der Waals surface area contributed by atoms with Gasteiger partial charge in [-0.3, -0.25) is 4.79 Å². The van der Waals surface area contributed by atoms with E-state index in [2.05, 4.69) is 33.9 Å². The highest BCUT2D eigenvalue weighted by molar-refractivity contribution is 6.74. The average Bonchev–Trinajstić information content (AvgIpc) is 2.44. The third-order valence-electron chi connectivity index (χ3n) is 4.74. The van der Waals surface area contributed by atoms with Crippen LogP contribution in [0.25, 0.3) is 0 Å². The van der Waals surface area contributed by atoms with E-state index in [1.54, 1.807) is 20.8 Å². The van der Waals surface area contributed by atoms with Crippen molar-refractivity contribution in [3.05, 3.63) is 23.3 Å². The molecule has 0 rings (SSSR count). The Morgan fingerprint density at radius 3 is 2.12 bits per heavy atom. The molecule has 0 radical (unpaired) electrons. The highest BCUT2D eigenvalue weighted by Gasteiger charge is 2.39. The number of carboxylic acid groups (broad SMARTS) is 1. The molecular weight excluding hydrogens is 348 g/mol. The number of carbonyl (C=O) groups is 2. The summed E-state index contributed by atoms with van der Waals surface area (Å²) in [6.45, 7) is 18.4. The van der Waals surface area contributed by atoms with Crippen molar-refractivity contribution in [2.24, 2.45) is 5.92 Å². The zero-order valence-corrected chi connectivity index (χ0v) is 18.8. The lowest BCUT2D eigenvalue weighted by Gasteiger charge is -2.40. The summed E-state index contributed by atoms with van der Waals surface area (Å²) in [5.41, 5.74) is 1.28. The Morgan fingerprint density at radius 1 is 1.15 bits per heavy atom. The molecule has 0 fully saturated rings. The van der Waals surface area contributed by atoms with Crippen molar-refractivity contribution in [2.45, 2.75) is 79.1 Å². The van der Waals surface area contributed by atoms with Crippen LogP contribution in [-0.2, 0) is 18.8 Å². The van der Waals surface area contributed by atoms with Gasteiger partial charge >= 0.3 is 11.9 Å². The first-order chi connectivity index (χ1) is 11.7. The van der Waals surface area contributed by atoms with Gasteiger partial charge in [0.1, 0.15) is 0 Å². The number of hydrogen-bond donors (Lipinski definition) is 1. The summed E-state index contributed by atoms with van der Waals surface area (Å²) in [6.07, 6.45) is 3.42. The van der Waals surface area contributed by atoms with Gasteiger partial charge in [0.05, 0.1) is 19.1 Å². The van der Waals surface area contributed by atoms with Gasteiger partial charge in [-0.05, 0) is 38.9 Å². The van der Waals surface area contributed by atoms with Gasteiger partial charge in [-0.25, -0.2) is 4.79 Å². The first kappa shape index (κ1) is 24.6. The van der Waals surface area contributed by atoms with E-state index in [1.165, 1.54) is 0 Å². The summed E-state index contributed by atoms with van der Waals surface area (Å²) in [5, 5.41) is 9.06. The fourth-order valence-corrected chi connectivity index (χ4v) is 3.51. The van der Waals surface area contributed by atoms with Gasteiger partial charge in [-0.1, -0.05) is 45.4 Å². The number of carboxylic acids is 1. The van der Waals surface area contributed by atoms with E-state index in [-0.39, 0.29) is 29.5 Å². The molecule has 0 aromatic heterocycles. The monoisotopic (exact) mass is 384 g/mol. The van der Waals surface area contributed by atoms with Crippen LogP contribution in [0.5, 0.6) is 0 Å². The van der Waals surface area contributed by atoms with Gasteiger partial charge < -0.3 is 14.3 Å². The van der Waals surface area contributed by atoms with Crippen molar-refractivity contribution in [1.82, 2.24) is 0 Å². The summed E-state index contributed by atoms with van der Waals surface area (Å²) >= 11 is 0. The fourth-order valence-electron chi connectivity index (χ4n) is 2.19. The Hall–Kier alpha value is -1.40. The minimum Gasteiger partial charge on any atom is -0.481 e. The van der Waals surface area contributed by atoms with Crippen molar-refractivity contribution in [2.75, 3.05) is 6.61 Å². The summed E-state index contributed by atoms with van der Waals surface area (Å²) in [7, 11) is -2.07. The Kier molecular flexibility index (Phi) is 9.52. The zero-order chi connectivity index (χ0) is 20.7. The smallest absolute Gasteiger partial charge is 0.333 e. The predicted octanol–water partition coefficient (Wildman–Crippen LogP) is 4.94. The summed E-state index contributed by atoms with van der Waals surface area (Å²) in [5.74, 6) is -1.29. The van der Waals surface area contributed by atoms with Crippen LogP contribution in [0, 0.1) is 5.92 Å². The van der Waals surface area contributed by atoms with Crippen molar-refractivity contribution < 1.29 is 23.9 Å². The highest BCUT2D eigenvalue weighted by atomic mass is 28.4. The molecule has 0 aliphatic rings. The maximum Gasteiger partial charge on any atom is 0.333 e. The van der Waals surface area contributed by atoms with E-state index in [4.69, 9.17) is 14.3 Å². The first-order valence-electron chi connectivity index (χ1n) is 9.13. The van der Waals surface area contributed by atoms with Crippen LogP contribution >= 0.6 is 0 Å². The van der Waals surface area contributed by atoms with E-state index in [9.17, 15) is 9.59 Å². The van der Waals surface area contributed by atoms with E-state index in [0.717, 1.165) is 5.57 Å². The lowest BCUT2D eigenvalue weighted by molar-refractivity contribution is -0.138. The summed E-state index contributed by atoms with van der Waals surface area (Å²) in [4.78, 5) is 22.9. The van der Waals surface area contributed by atoms with Gasteiger partial charge in [0, 0.05) is 11.5 Å². The minimum absolute atomic E-state index is 0.0232. The third kappa shape index (κ3) is 8.32. The third-order valence-corrected chi connectivity index (χ3v) is 9.22. The number of rotatable bonds is 9. The maximum atomic E-state index is 11.9. The highest BCUT2D eigenvalue weighted by Crippen LogP contribution is 2.38. The topological polar surface area (TPSA) is 72.8 Å². The molecule has 0 spiro atoms. The minimum atomic E-state index is -2.07. The second-order valence-corrected chi connectivity index (χ2v) is 13.1. The van der Waals surface area contributed by atoms with E-state index in [1.807, 2.05) is 19.1 Å². The molecule has 1 N–H and O–H groups in total. The molecular formula is C20H36O5Si. The molecule has 150 valence electrons. The summed E-state index contributed by atoms with van der Waals surface area (Å²) < 4.78 is 11.6. The van der Waals surface area contributed by atoms with E-state index >= 15 is 0 Å². The number of ether oxygens (including phenoxy) is 1. The van der Waals surface area contributed by atoms with Gasteiger partial charge in [0.15, 0.2) is 8.32 Å². The standard InChI is InChI=1S/C20H36O5Si/c1-10-24-19(23)16(4)13-15(3)17(11-14(2)12-18(21)22)25-26(8,9)20(5,6)7/h11,13,15,17H,10,12H2,1-9H3,(H,21,22)/b14-11+,16-13-/t15-,17+/m1/s1. The van der Waals surface area contributed by atoms with Crippen molar-refractivity contribution in [3.8, 4) is 0 Å². The van der Waals surface area contributed by atoms with Crippen molar-refractivity contribution in [1.29, 1.82) is 0 Å². The number of hydrogen-bond acceptors (Lipinski definition) is 4. The zero-order valence-electron chi connectivity index (χ0n) is 17.8. The lowest BCUT2D eigenvalue weighted by Crippen LogP contribution is -2.45.